The minimum atomic E-state index is -1.71. The lowest BCUT2D eigenvalue weighted by Gasteiger charge is -2.45. The zero-order chi connectivity index (χ0) is 18.4. The average Bonchev–Trinajstić information content (AvgIpc) is 2.62. The summed E-state index contributed by atoms with van der Waals surface area (Å²) < 4.78 is 13.6. The number of aliphatic hydroxyl groups is 1. The molecule has 1 saturated heterocycles. The van der Waals surface area contributed by atoms with Crippen LogP contribution in [0.25, 0.3) is 0 Å². The number of hydrogen-bond acceptors (Lipinski definition) is 3. The quantitative estimate of drug-likeness (QED) is 0.464. The van der Waals surface area contributed by atoms with Gasteiger partial charge in [-0.3, -0.25) is 0 Å². The molecule has 1 aliphatic rings. The molecule has 0 unspecified atom stereocenters. The first kappa shape index (κ1) is 21.9. The molecular weight excluding hydrogens is 316 g/mol. The Balaban J connectivity index is 3.13. The van der Waals surface area contributed by atoms with Gasteiger partial charge >= 0.3 is 0 Å². The summed E-state index contributed by atoms with van der Waals surface area (Å²) in [5, 5.41) is 9.21. The molecule has 0 aromatic rings. The maximum absolute atomic E-state index is 9.21. The van der Waals surface area contributed by atoms with E-state index in [1.807, 2.05) is 6.08 Å². The van der Waals surface area contributed by atoms with Crippen molar-refractivity contribution in [3.8, 4) is 0 Å². The fourth-order valence-electron chi connectivity index (χ4n) is 3.96. The molecule has 0 aliphatic carbocycles. The molecule has 4 heteroatoms. The molecule has 0 radical (unpaired) electrons. The van der Waals surface area contributed by atoms with Gasteiger partial charge < -0.3 is 14.3 Å². The van der Waals surface area contributed by atoms with E-state index in [1.54, 1.807) is 0 Å². The Kier molecular flexibility index (Phi) is 8.18. The van der Waals surface area contributed by atoms with E-state index in [0.717, 1.165) is 43.8 Å². The minimum Gasteiger partial charge on any atom is -0.409 e. The first-order valence-corrected chi connectivity index (χ1v) is 12.3. The van der Waals surface area contributed by atoms with Crippen molar-refractivity contribution in [1.29, 1.82) is 0 Å². The van der Waals surface area contributed by atoms with Gasteiger partial charge in [-0.25, -0.2) is 0 Å². The Morgan fingerprint density at radius 2 is 1.75 bits per heavy atom. The van der Waals surface area contributed by atoms with Crippen LogP contribution < -0.4 is 0 Å². The molecule has 24 heavy (non-hydrogen) atoms. The van der Waals surface area contributed by atoms with E-state index < -0.39 is 8.32 Å². The lowest BCUT2D eigenvalue weighted by molar-refractivity contribution is -0.137. The van der Waals surface area contributed by atoms with Gasteiger partial charge in [0.2, 0.25) is 0 Å². The van der Waals surface area contributed by atoms with Crippen LogP contribution in [-0.4, -0.2) is 37.3 Å². The molecule has 1 aliphatic heterocycles. The lowest BCUT2D eigenvalue weighted by atomic mass is 9.89. The van der Waals surface area contributed by atoms with Gasteiger partial charge in [0.25, 0.3) is 0 Å². The van der Waals surface area contributed by atoms with E-state index in [-0.39, 0.29) is 23.9 Å². The third kappa shape index (κ3) is 5.69. The van der Waals surface area contributed by atoms with Crippen molar-refractivity contribution in [1.82, 2.24) is 0 Å². The van der Waals surface area contributed by atoms with Crippen molar-refractivity contribution >= 4 is 8.32 Å². The van der Waals surface area contributed by atoms with Gasteiger partial charge in [0.05, 0.1) is 23.9 Å². The van der Waals surface area contributed by atoms with Crippen molar-refractivity contribution in [2.45, 2.75) is 110 Å². The molecule has 1 rings (SSSR count). The minimum absolute atomic E-state index is 0.0503. The second-order valence-electron chi connectivity index (χ2n) is 8.32. The van der Waals surface area contributed by atoms with Crippen LogP contribution in [0.2, 0.25) is 18.1 Å². The molecule has 2 atom stereocenters. The number of rotatable bonds is 8. The van der Waals surface area contributed by atoms with Gasteiger partial charge in [-0.1, -0.05) is 32.4 Å². The van der Waals surface area contributed by atoms with Crippen LogP contribution in [0.3, 0.4) is 0 Å². The van der Waals surface area contributed by atoms with Crippen LogP contribution >= 0.6 is 0 Å². The molecule has 1 heterocycles. The summed E-state index contributed by atoms with van der Waals surface area (Å²) in [6, 6.07) is 3.49. The first-order valence-electron chi connectivity index (χ1n) is 9.80. The number of aliphatic hydroxyl groups excluding tert-OH is 1. The summed E-state index contributed by atoms with van der Waals surface area (Å²) in [6.07, 6.45) is 6.05. The molecule has 3 nitrogen and oxygen atoms in total. The number of ether oxygens (including phenoxy) is 1. The van der Waals surface area contributed by atoms with E-state index in [4.69, 9.17) is 9.16 Å². The first-order chi connectivity index (χ1) is 11.2. The van der Waals surface area contributed by atoms with E-state index in [2.05, 4.69) is 48.5 Å². The van der Waals surface area contributed by atoms with E-state index in [9.17, 15) is 5.11 Å². The van der Waals surface area contributed by atoms with Gasteiger partial charge in [-0.05, 0) is 71.5 Å². The predicted molar refractivity (Wildman–Crippen MR) is 105 cm³/mol. The molecule has 0 amide bonds. The van der Waals surface area contributed by atoms with Crippen LogP contribution in [-0.2, 0) is 9.16 Å². The maximum atomic E-state index is 9.21. The highest BCUT2D eigenvalue weighted by atomic mass is 28.4. The summed E-state index contributed by atoms with van der Waals surface area (Å²) in [5.41, 5.74) is 0.846. The maximum Gasteiger partial charge on any atom is 0.192 e. The average molecular weight is 357 g/mol. The molecule has 1 fully saturated rings. The van der Waals surface area contributed by atoms with Gasteiger partial charge in [-0.2, -0.15) is 0 Å². The standard InChI is InChI=1S/C20H40O3Si/c1-8-24(9-2,10-3)23-20(7)14-11-13-19(5,6)22-18(20)16-17(4)12-15-21/h12,18,21H,8-11,13-16H2,1-7H3/b17-12+/t18-,20+/m1/s1. The van der Waals surface area contributed by atoms with Crippen molar-refractivity contribution in [3.63, 3.8) is 0 Å². The molecule has 0 spiro atoms. The van der Waals surface area contributed by atoms with Gasteiger partial charge in [0.1, 0.15) is 0 Å². The highest BCUT2D eigenvalue weighted by Crippen LogP contribution is 2.41. The number of hydrogen-bond donors (Lipinski definition) is 1. The molecule has 0 aromatic heterocycles. The van der Waals surface area contributed by atoms with Crippen LogP contribution in [0, 0.1) is 0 Å². The Hall–Kier alpha value is -0.163. The molecule has 1 N–H and O–H groups in total. The second-order valence-corrected chi connectivity index (χ2v) is 13.0. The van der Waals surface area contributed by atoms with Crippen molar-refractivity contribution in [2.75, 3.05) is 6.61 Å². The topological polar surface area (TPSA) is 38.7 Å². The van der Waals surface area contributed by atoms with Gasteiger partial charge in [0, 0.05) is 0 Å². The fourth-order valence-corrected chi connectivity index (χ4v) is 7.12. The molecule has 0 aromatic carbocycles. The molecular formula is C20H40O3Si. The normalized spacial score (nSPS) is 28.7. The zero-order valence-electron chi connectivity index (χ0n) is 17.1. The van der Waals surface area contributed by atoms with Crippen LogP contribution in [0.1, 0.15) is 74.1 Å². The monoisotopic (exact) mass is 356 g/mol. The third-order valence-electron chi connectivity index (χ3n) is 5.92. The van der Waals surface area contributed by atoms with Crippen LogP contribution in [0.4, 0.5) is 0 Å². The Morgan fingerprint density at radius 1 is 1.17 bits per heavy atom. The molecule has 0 saturated carbocycles. The van der Waals surface area contributed by atoms with Gasteiger partial charge in [0.15, 0.2) is 8.32 Å². The summed E-state index contributed by atoms with van der Waals surface area (Å²) >= 11 is 0. The van der Waals surface area contributed by atoms with E-state index >= 15 is 0 Å². The SMILES string of the molecule is CC[Si](CC)(CC)O[C@@]1(C)CCCC(C)(C)O[C@@H]1C/C(C)=C/CO. The van der Waals surface area contributed by atoms with Crippen molar-refractivity contribution < 1.29 is 14.3 Å². The highest BCUT2D eigenvalue weighted by Gasteiger charge is 2.46. The smallest absolute Gasteiger partial charge is 0.192 e. The zero-order valence-corrected chi connectivity index (χ0v) is 18.1. The van der Waals surface area contributed by atoms with Gasteiger partial charge in [-0.15, -0.1) is 0 Å². The summed E-state index contributed by atoms with van der Waals surface area (Å²) in [7, 11) is -1.71. The van der Waals surface area contributed by atoms with Crippen molar-refractivity contribution in [2.24, 2.45) is 0 Å². The summed E-state index contributed by atoms with van der Waals surface area (Å²) in [6.45, 7) is 15.7. The fraction of sp³-hybridized carbons (Fsp3) is 0.900. The third-order valence-corrected chi connectivity index (χ3v) is 10.7. The Morgan fingerprint density at radius 3 is 2.25 bits per heavy atom. The van der Waals surface area contributed by atoms with Crippen molar-refractivity contribution in [3.05, 3.63) is 11.6 Å². The largest absolute Gasteiger partial charge is 0.409 e. The predicted octanol–water partition coefficient (Wildman–Crippen LogP) is 5.44. The lowest BCUT2D eigenvalue weighted by Crippen LogP contribution is -2.53. The van der Waals surface area contributed by atoms with Crippen LogP contribution in [0.15, 0.2) is 11.6 Å². The van der Waals surface area contributed by atoms with Crippen LogP contribution in [0.5, 0.6) is 0 Å². The summed E-state index contributed by atoms with van der Waals surface area (Å²) in [4.78, 5) is 0. The van der Waals surface area contributed by atoms with E-state index in [1.165, 1.54) is 5.57 Å². The Labute approximate surface area is 151 Å². The van der Waals surface area contributed by atoms with E-state index in [0.29, 0.717) is 0 Å². The molecule has 142 valence electrons. The highest BCUT2D eigenvalue weighted by molar-refractivity contribution is 6.73. The summed E-state index contributed by atoms with van der Waals surface area (Å²) in [5.74, 6) is 0. The second kappa shape index (κ2) is 8.97. The molecule has 0 bridgehead atoms. The Bertz CT molecular complexity index is 407.